The Morgan fingerprint density at radius 2 is 2.29 bits per heavy atom. The second kappa shape index (κ2) is 4.60. The van der Waals surface area contributed by atoms with Crippen LogP contribution in [0, 0.1) is 6.92 Å². The van der Waals surface area contributed by atoms with Gasteiger partial charge in [-0.15, -0.1) is 0 Å². The average molecular weight is 194 g/mol. The summed E-state index contributed by atoms with van der Waals surface area (Å²) in [7, 11) is 1.37. The van der Waals surface area contributed by atoms with Crippen LogP contribution in [0.4, 0.5) is 5.69 Å². The van der Waals surface area contributed by atoms with Crippen molar-refractivity contribution in [2.45, 2.75) is 19.9 Å². The highest BCUT2D eigenvalue weighted by Crippen LogP contribution is 2.08. The predicted octanol–water partition coefficient (Wildman–Crippen LogP) is 1.36. The summed E-state index contributed by atoms with van der Waals surface area (Å²) in [5, 5.41) is 3.00. The zero-order valence-electron chi connectivity index (χ0n) is 8.57. The van der Waals surface area contributed by atoms with E-state index in [4.69, 9.17) is 0 Å². The smallest absolute Gasteiger partial charge is 0.327 e. The Morgan fingerprint density at radius 3 is 2.86 bits per heavy atom. The fraction of sp³-hybridized carbons (Fsp3) is 0.400. The van der Waals surface area contributed by atoms with E-state index < -0.39 is 0 Å². The molecule has 0 bridgehead atoms. The minimum absolute atomic E-state index is 0.286. The number of esters is 1. The molecule has 1 heterocycles. The molecular formula is C10H14N2O2. The number of pyridine rings is 1. The largest absolute Gasteiger partial charge is 0.467 e. The lowest BCUT2D eigenvalue weighted by Gasteiger charge is -2.12. The number of ether oxygens (including phenoxy) is 1. The van der Waals surface area contributed by atoms with Crippen LogP contribution in [0.1, 0.15) is 12.5 Å². The van der Waals surface area contributed by atoms with Gasteiger partial charge in [0.2, 0.25) is 0 Å². The van der Waals surface area contributed by atoms with Gasteiger partial charge in [0.25, 0.3) is 0 Å². The van der Waals surface area contributed by atoms with E-state index in [0.717, 1.165) is 11.3 Å². The first-order valence-corrected chi connectivity index (χ1v) is 4.39. The zero-order valence-corrected chi connectivity index (χ0v) is 8.57. The molecule has 1 unspecified atom stereocenters. The Bertz CT molecular complexity index is 326. The number of aryl methyl sites for hydroxylation is 1. The highest BCUT2D eigenvalue weighted by molar-refractivity contribution is 5.78. The molecule has 4 nitrogen and oxygen atoms in total. The molecule has 1 aromatic rings. The Labute approximate surface area is 83.3 Å². The molecule has 14 heavy (non-hydrogen) atoms. The Kier molecular flexibility index (Phi) is 3.45. The number of rotatable bonds is 3. The van der Waals surface area contributed by atoms with Crippen LogP contribution in [0.2, 0.25) is 0 Å². The molecule has 0 saturated heterocycles. The Hall–Kier alpha value is -1.58. The quantitative estimate of drug-likeness (QED) is 0.738. The molecule has 4 heteroatoms. The van der Waals surface area contributed by atoms with E-state index in [1.807, 2.05) is 13.0 Å². The molecule has 0 aliphatic rings. The van der Waals surface area contributed by atoms with Gasteiger partial charge in [-0.3, -0.25) is 4.98 Å². The van der Waals surface area contributed by atoms with E-state index in [-0.39, 0.29) is 12.0 Å². The topological polar surface area (TPSA) is 51.2 Å². The molecule has 0 aliphatic carbocycles. The summed E-state index contributed by atoms with van der Waals surface area (Å²) < 4.78 is 4.59. The van der Waals surface area contributed by atoms with Crippen LogP contribution in [0.3, 0.4) is 0 Å². The molecule has 0 aliphatic heterocycles. The van der Waals surface area contributed by atoms with Crippen LogP contribution in [-0.2, 0) is 9.53 Å². The molecule has 1 rings (SSSR count). The van der Waals surface area contributed by atoms with Gasteiger partial charge in [0, 0.05) is 12.4 Å². The number of carbonyl (C=O) groups is 1. The first-order chi connectivity index (χ1) is 6.63. The van der Waals surface area contributed by atoms with Gasteiger partial charge < -0.3 is 10.1 Å². The number of nitrogens with one attached hydrogen (secondary N) is 1. The molecule has 0 aromatic carbocycles. The molecule has 1 N–H and O–H groups in total. The third kappa shape index (κ3) is 2.73. The maximum Gasteiger partial charge on any atom is 0.327 e. The van der Waals surface area contributed by atoms with Crippen molar-refractivity contribution in [2.24, 2.45) is 0 Å². The summed E-state index contributed by atoms with van der Waals surface area (Å²) in [5.74, 6) is -0.286. The molecule has 1 atom stereocenters. The van der Waals surface area contributed by atoms with Crippen molar-refractivity contribution in [3.63, 3.8) is 0 Å². The third-order valence-electron chi connectivity index (χ3n) is 1.81. The number of hydrogen-bond acceptors (Lipinski definition) is 4. The molecule has 0 saturated carbocycles. The van der Waals surface area contributed by atoms with E-state index in [9.17, 15) is 4.79 Å². The fourth-order valence-electron chi connectivity index (χ4n) is 1.12. The predicted molar refractivity (Wildman–Crippen MR) is 54.1 cm³/mol. The molecule has 0 spiro atoms. The minimum atomic E-state index is -0.358. The first-order valence-electron chi connectivity index (χ1n) is 4.39. The standard InChI is InChI=1S/C10H14N2O2/c1-7-4-9(6-11-5-7)12-8(2)10(13)14-3/h4-6,8,12H,1-3H3. The lowest BCUT2D eigenvalue weighted by Crippen LogP contribution is -2.27. The number of nitrogens with zero attached hydrogens (tertiary/aromatic N) is 1. The van der Waals surface area contributed by atoms with Crippen LogP contribution in [0.15, 0.2) is 18.5 Å². The molecule has 0 fully saturated rings. The van der Waals surface area contributed by atoms with Crippen LogP contribution in [-0.4, -0.2) is 24.1 Å². The third-order valence-corrected chi connectivity index (χ3v) is 1.81. The Balaban J connectivity index is 2.64. The number of hydrogen-bond donors (Lipinski definition) is 1. The van der Waals surface area contributed by atoms with Gasteiger partial charge >= 0.3 is 5.97 Å². The van der Waals surface area contributed by atoms with Crippen LogP contribution < -0.4 is 5.32 Å². The van der Waals surface area contributed by atoms with Gasteiger partial charge in [0.05, 0.1) is 12.8 Å². The summed E-state index contributed by atoms with van der Waals surface area (Å²) in [4.78, 5) is 15.1. The minimum Gasteiger partial charge on any atom is -0.467 e. The van der Waals surface area contributed by atoms with Gasteiger partial charge in [-0.25, -0.2) is 4.79 Å². The number of carbonyl (C=O) groups excluding carboxylic acids is 1. The van der Waals surface area contributed by atoms with Crippen LogP contribution >= 0.6 is 0 Å². The van der Waals surface area contributed by atoms with Crippen molar-refractivity contribution in [1.82, 2.24) is 4.98 Å². The molecule has 0 amide bonds. The van der Waals surface area contributed by atoms with Gasteiger partial charge in [-0.1, -0.05) is 0 Å². The van der Waals surface area contributed by atoms with Gasteiger partial charge in [-0.2, -0.15) is 0 Å². The normalized spacial score (nSPS) is 11.9. The van der Waals surface area contributed by atoms with Crippen LogP contribution in [0.25, 0.3) is 0 Å². The summed E-state index contributed by atoms with van der Waals surface area (Å²) in [5.41, 5.74) is 1.87. The van der Waals surface area contributed by atoms with Gasteiger partial charge in [0.15, 0.2) is 0 Å². The maximum absolute atomic E-state index is 11.1. The van der Waals surface area contributed by atoms with E-state index in [0.29, 0.717) is 0 Å². The van der Waals surface area contributed by atoms with Crippen LogP contribution in [0.5, 0.6) is 0 Å². The van der Waals surface area contributed by atoms with Crippen molar-refractivity contribution in [2.75, 3.05) is 12.4 Å². The highest BCUT2D eigenvalue weighted by Gasteiger charge is 2.12. The van der Waals surface area contributed by atoms with Crippen molar-refractivity contribution in [3.8, 4) is 0 Å². The molecule has 1 aromatic heterocycles. The maximum atomic E-state index is 11.1. The highest BCUT2D eigenvalue weighted by atomic mass is 16.5. The van der Waals surface area contributed by atoms with E-state index in [2.05, 4.69) is 15.0 Å². The summed E-state index contributed by atoms with van der Waals surface area (Å²) in [6.45, 7) is 3.69. The molecule has 0 radical (unpaired) electrons. The van der Waals surface area contributed by atoms with Gasteiger partial charge in [0.1, 0.15) is 6.04 Å². The van der Waals surface area contributed by atoms with E-state index >= 15 is 0 Å². The van der Waals surface area contributed by atoms with Crippen molar-refractivity contribution in [1.29, 1.82) is 0 Å². The second-order valence-corrected chi connectivity index (χ2v) is 3.14. The van der Waals surface area contributed by atoms with Crippen molar-refractivity contribution in [3.05, 3.63) is 24.0 Å². The first kappa shape index (κ1) is 10.5. The number of anilines is 1. The van der Waals surface area contributed by atoms with Crippen molar-refractivity contribution >= 4 is 11.7 Å². The summed E-state index contributed by atoms with van der Waals surface area (Å²) >= 11 is 0. The SMILES string of the molecule is COC(=O)C(C)Nc1cncc(C)c1. The molecular weight excluding hydrogens is 180 g/mol. The second-order valence-electron chi connectivity index (χ2n) is 3.14. The number of methoxy groups -OCH3 is 1. The lowest BCUT2D eigenvalue weighted by atomic mass is 10.2. The monoisotopic (exact) mass is 194 g/mol. The average Bonchev–Trinajstić information content (AvgIpc) is 2.16. The summed E-state index contributed by atoms with van der Waals surface area (Å²) in [6.07, 6.45) is 3.43. The lowest BCUT2D eigenvalue weighted by molar-refractivity contribution is -0.141. The Morgan fingerprint density at radius 1 is 1.57 bits per heavy atom. The summed E-state index contributed by atoms with van der Waals surface area (Å²) in [6, 6.07) is 1.57. The zero-order chi connectivity index (χ0) is 10.6. The fourth-order valence-corrected chi connectivity index (χ4v) is 1.12. The van der Waals surface area contributed by atoms with Gasteiger partial charge in [-0.05, 0) is 25.5 Å². The van der Waals surface area contributed by atoms with E-state index in [1.54, 1.807) is 19.3 Å². The van der Waals surface area contributed by atoms with Crippen molar-refractivity contribution < 1.29 is 9.53 Å². The number of aromatic nitrogens is 1. The molecule has 76 valence electrons. The van der Waals surface area contributed by atoms with E-state index in [1.165, 1.54) is 7.11 Å².